The van der Waals surface area contributed by atoms with Crippen LogP contribution in [0.1, 0.15) is 55.8 Å². The maximum atomic E-state index is 12.1. The van der Waals surface area contributed by atoms with Crippen LogP contribution in [0.4, 0.5) is 4.79 Å². The zero-order valence-corrected chi connectivity index (χ0v) is 14.0. The number of carbonyl (C=O) groups excluding carboxylic acids is 1. The highest BCUT2D eigenvalue weighted by molar-refractivity contribution is 5.74. The highest BCUT2D eigenvalue weighted by atomic mass is 16.5. The molecule has 6 nitrogen and oxygen atoms in total. The molecule has 2 heterocycles. The maximum Gasteiger partial charge on any atom is 0.315 e. The third-order valence-corrected chi connectivity index (χ3v) is 5.17. The summed E-state index contributed by atoms with van der Waals surface area (Å²) in [5.74, 6) is 2.28. The summed E-state index contributed by atoms with van der Waals surface area (Å²) in [6.07, 6.45) is 11.8. The fourth-order valence-corrected chi connectivity index (χ4v) is 3.36. The molecule has 0 aromatic carbocycles. The normalized spacial score (nSPS) is 26.8. The minimum Gasteiger partial charge on any atom is -0.378 e. The SMILES string of the molecule is O=C(NCCc1cnc(C2CC2)nc1)N[C@@H]1CCO[C@@H](C2CC2)C1. The molecule has 4 rings (SSSR count). The number of aromatic nitrogens is 2. The van der Waals surface area contributed by atoms with Crippen molar-refractivity contribution in [2.75, 3.05) is 13.2 Å². The first-order valence-electron chi connectivity index (χ1n) is 9.24. The van der Waals surface area contributed by atoms with Crippen molar-refractivity contribution in [3.05, 3.63) is 23.8 Å². The van der Waals surface area contributed by atoms with Crippen LogP contribution < -0.4 is 10.6 Å². The Hall–Kier alpha value is -1.69. The van der Waals surface area contributed by atoms with Crippen LogP contribution in [-0.2, 0) is 11.2 Å². The van der Waals surface area contributed by atoms with Gasteiger partial charge in [-0.1, -0.05) is 0 Å². The summed E-state index contributed by atoms with van der Waals surface area (Å²) in [6.45, 7) is 1.37. The van der Waals surface area contributed by atoms with E-state index in [2.05, 4.69) is 20.6 Å². The van der Waals surface area contributed by atoms with E-state index in [9.17, 15) is 4.79 Å². The average Bonchev–Trinajstić information content (AvgIpc) is 3.49. The lowest BCUT2D eigenvalue weighted by molar-refractivity contribution is -0.00913. The average molecular weight is 330 g/mol. The van der Waals surface area contributed by atoms with Gasteiger partial charge in [-0.3, -0.25) is 0 Å². The summed E-state index contributed by atoms with van der Waals surface area (Å²) in [5, 5.41) is 6.03. The van der Waals surface area contributed by atoms with Crippen molar-refractivity contribution in [3.8, 4) is 0 Å². The van der Waals surface area contributed by atoms with Crippen LogP contribution in [0.15, 0.2) is 12.4 Å². The molecule has 3 fully saturated rings. The molecule has 2 N–H and O–H groups in total. The first-order chi connectivity index (χ1) is 11.8. The zero-order valence-electron chi connectivity index (χ0n) is 14.0. The first kappa shape index (κ1) is 15.8. The second-order valence-electron chi connectivity index (χ2n) is 7.34. The van der Waals surface area contributed by atoms with Gasteiger partial charge in [0.15, 0.2) is 0 Å². The van der Waals surface area contributed by atoms with Crippen LogP contribution in [-0.4, -0.2) is 41.3 Å². The molecular formula is C18H26N4O2. The minimum atomic E-state index is -0.0769. The lowest BCUT2D eigenvalue weighted by Gasteiger charge is -2.30. The number of hydrogen-bond donors (Lipinski definition) is 2. The van der Waals surface area contributed by atoms with Gasteiger partial charge in [0.25, 0.3) is 0 Å². The largest absolute Gasteiger partial charge is 0.378 e. The fraction of sp³-hybridized carbons (Fsp3) is 0.722. The van der Waals surface area contributed by atoms with Gasteiger partial charge in [0, 0.05) is 37.5 Å². The third-order valence-electron chi connectivity index (χ3n) is 5.17. The Morgan fingerprint density at radius 3 is 2.67 bits per heavy atom. The van der Waals surface area contributed by atoms with Gasteiger partial charge in [0.2, 0.25) is 0 Å². The van der Waals surface area contributed by atoms with Crippen LogP contribution in [0.25, 0.3) is 0 Å². The number of carbonyl (C=O) groups is 1. The Balaban J connectivity index is 1.16. The topological polar surface area (TPSA) is 76.1 Å². The van der Waals surface area contributed by atoms with E-state index >= 15 is 0 Å². The van der Waals surface area contributed by atoms with E-state index in [1.807, 2.05) is 12.4 Å². The second-order valence-corrected chi connectivity index (χ2v) is 7.34. The molecular weight excluding hydrogens is 304 g/mol. The van der Waals surface area contributed by atoms with Crippen molar-refractivity contribution in [2.45, 2.75) is 63.0 Å². The van der Waals surface area contributed by atoms with Gasteiger partial charge < -0.3 is 15.4 Å². The molecule has 6 heteroatoms. The summed E-state index contributed by atoms with van der Waals surface area (Å²) in [5.41, 5.74) is 1.07. The number of nitrogens with zero attached hydrogens (tertiary/aromatic N) is 2. The Kier molecular flexibility index (Phi) is 4.65. The molecule has 24 heavy (non-hydrogen) atoms. The number of amides is 2. The molecule has 130 valence electrons. The lowest BCUT2D eigenvalue weighted by atomic mass is 10.0. The lowest BCUT2D eigenvalue weighted by Crippen LogP contribution is -2.47. The molecule has 1 aliphatic heterocycles. The van der Waals surface area contributed by atoms with E-state index in [1.165, 1.54) is 25.7 Å². The van der Waals surface area contributed by atoms with Crippen molar-refractivity contribution in [3.63, 3.8) is 0 Å². The maximum absolute atomic E-state index is 12.1. The standard InChI is InChI=1S/C18H26N4O2/c23-18(22-15-6-8-24-16(9-15)13-1-2-13)19-7-5-12-10-20-17(21-11-12)14-3-4-14/h10-11,13-16H,1-9H2,(H2,19,22,23)/t15-,16-/m1/s1. The fourth-order valence-electron chi connectivity index (χ4n) is 3.36. The van der Waals surface area contributed by atoms with Crippen LogP contribution in [0.2, 0.25) is 0 Å². The smallest absolute Gasteiger partial charge is 0.315 e. The Bertz CT molecular complexity index is 569. The monoisotopic (exact) mass is 330 g/mol. The van der Waals surface area contributed by atoms with E-state index < -0.39 is 0 Å². The highest BCUT2D eigenvalue weighted by Crippen LogP contribution is 2.38. The molecule has 1 saturated heterocycles. The van der Waals surface area contributed by atoms with Gasteiger partial charge in [0.05, 0.1) is 6.10 Å². The third kappa shape index (κ3) is 4.23. The van der Waals surface area contributed by atoms with Gasteiger partial charge in [-0.15, -0.1) is 0 Å². The number of hydrogen-bond acceptors (Lipinski definition) is 4. The zero-order chi connectivity index (χ0) is 16.4. The van der Waals surface area contributed by atoms with E-state index in [-0.39, 0.29) is 12.1 Å². The van der Waals surface area contributed by atoms with Gasteiger partial charge in [-0.2, -0.15) is 0 Å². The van der Waals surface area contributed by atoms with E-state index in [1.54, 1.807) is 0 Å². The van der Waals surface area contributed by atoms with Crippen LogP contribution in [0.3, 0.4) is 0 Å². The molecule has 2 saturated carbocycles. The van der Waals surface area contributed by atoms with E-state index in [4.69, 9.17) is 4.74 Å². The first-order valence-corrected chi connectivity index (χ1v) is 9.24. The van der Waals surface area contributed by atoms with Crippen LogP contribution in [0, 0.1) is 5.92 Å². The highest BCUT2D eigenvalue weighted by Gasteiger charge is 2.36. The van der Waals surface area contributed by atoms with Crippen molar-refractivity contribution in [1.29, 1.82) is 0 Å². The van der Waals surface area contributed by atoms with Gasteiger partial charge >= 0.3 is 6.03 Å². The summed E-state index contributed by atoms with van der Waals surface area (Å²) in [4.78, 5) is 20.9. The van der Waals surface area contributed by atoms with Crippen LogP contribution in [0.5, 0.6) is 0 Å². The molecule has 0 spiro atoms. The van der Waals surface area contributed by atoms with Crippen molar-refractivity contribution >= 4 is 6.03 Å². The van der Waals surface area contributed by atoms with Crippen molar-refractivity contribution < 1.29 is 9.53 Å². The molecule has 3 aliphatic rings. The van der Waals surface area contributed by atoms with E-state index in [0.717, 1.165) is 43.2 Å². The molecule has 1 aromatic rings. The van der Waals surface area contributed by atoms with Crippen molar-refractivity contribution in [2.24, 2.45) is 5.92 Å². The summed E-state index contributed by atoms with van der Waals surface area (Å²) < 4.78 is 5.80. The molecule has 0 unspecified atom stereocenters. The quantitative estimate of drug-likeness (QED) is 0.838. The Labute approximate surface area is 142 Å². The van der Waals surface area contributed by atoms with Gasteiger partial charge in [0.1, 0.15) is 5.82 Å². The number of ether oxygens (including phenoxy) is 1. The predicted octanol–water partition coefficient (Wildman–Crippen LogP) is 2.15. The minimum absolute atomic E-state index is 0.0769. The van der Waals surface area contributed by atoms with Crippen molar-refractivity contribution in [1.82, 2.24) is 20.6 Å². The molecule has 2 amide bonds. The molecule has 2 aliphatic carbocycles. The summed E-state index contributed by atoms with van der Waals surface area (Å²) in [7, 11) is 0. The number of urea groups is 1. The predicted molar refractivity (Wildman–Crippen MR) is 89.7 cm³/mol. The summed E-state index contributed by atoms with van der Waals surface area (Å²) in [6, 6.07) is 0.164. The van der Waals surface area contributed by atoms with Gasteiger partial charge in [-0.05, 0) is 56.4 Å². The second kappa shape index (κ2) is 7.05. The number of rotatable bonds is 6. The molecule has 2 atom stereocenters. The van der Waals surface area contributed by atoms with Crippen LogP contribution >= 0.6 is 0 Å². The molecule has 0 radical (unpaired) electrons. The van der Waals surface area contributed by atoms with E-state index in [0.29, 0.717) is 18.6 Å². The Morgan fingerprint density at radius 2 is 1.96 bits per heavy atom. The Morgan fingerprint density at radius 1 is 1.17 bits per heavy atom. The number of nitrogens with one attached hydrogen (secondary N) is 2. The summed E-state index contributed by atoms with van der Waals surface area (Å²) >= 11 is 0. The molecule has 0 bridgehead atoms. The molecule has 1 aromatic heterocycles. The van der Waals surface area contributed by atoms with Gasteiger partial charge in [-0.25, -0.2) is 14.8 Å².